The molecule has 0 aliphatic carbocycles. The van der Waals surface area contributed by atoms with Crippen LogP contribution in [-0.4, -0.2) is 30.2 Å². The molecule has 0 aliphatic heterocycles. The Morgan fingerprint density at radius 2 is 1.89 bits per heavy atom. The van der Waals surface area contributed by atoms with Gasteiger partial charge >= 0.3 is 12.1 Å². The molecule has 0 aromatic heterocycles. The van der Waals surface area contributed by atoms with E-state index in [0.717, 1.165) is 0 Å². The largest absolute Gasteiger partial charge is 0.493 e. The van der Waals surface area contributed by atoms with Gasteiger partial charge < -0.3 is 14.6 Å². The van der Waals surface area contributed by atoms with Crippen molar-refractivity contribution in [3.8, 4) is 11.5 Å². The van der Waals surface area contributed by atoms with Gasteiger partial charge in [0.2, 0.25) is 0 Å². The van der Waals surface area contributed by atoms with E-state index in [-0.39, 0.29) is 17.1 Å². The van der Waals surface area contributed by atoms with Gasteiger partial charge in [0.05, 0.1) is 7.11 Å². The van der Waals surface area contributed by atoms with Crippen LogP contribution in [0, 0.1) is 0 Å². The van der Waals surface area contributed by atoms with E-state index in [4.69, 9.17) is 14.6 Å². The average molecular weight is 253 g/mol. The van der Waals surface area contributed by atoms with Gasteiger partial charge in [0, 0.05) is 12.5 Å². The molecule has 1 rings (SSSR count). The van der Waals surface area contributed by atoms with Gasteiger partial charge in [-0.3, -0.25) is 14.9 Å². The summed E-state index contributed by atoms with van der Waals surface area (Å²) in [6.45, 7) is 1.23. The first-order valence-electron chi connectivity index (χ1n) is 4.84. The predicted molar refractivity (Wildman–Crippen MR) is 59.8 cm³/mol. The van der Waals surface area contributed by atoms with Crippen LogP contribution in [-0.2, 0) is 4.79 Å². The minimum atomic E-state index is -1.46. The first kappa shape index (κ1) is 13.5. The summed E-state index contributed by atoms with van der Waals surface area (Å²) < 4.78 is 9.78. The summed E-state index contributed by atoms with van der Waals surface area (Å²) in [4.78, 5) is 32.5. The molecule has 0 aliphatic rings. The van der Waals surface area contributed by atoms with E-state index in [1.54, 1.807) is 5.32 Å². The van der Waals surface area contributed by atoms with E-state index in [2.05, 4.69) is 0 Å². The zero-order valence-corrected chi connectivity index (χ0v) is 9.72. The van der Waals surface area contributed by atoms with Crippen molar-refractivity contribution in [2.75, 3.05) is 7.11 Å². The number of carbonyl (C=O) groups is 3. The number of imide groups is 1. The quantitative estimate of drug-likeness (QED) is 0.616. The monoisotopic (exact) mass is 253 g/mol. The molecule has 2 N–H and O–H groups in total. The summed E-state index contributed by atoms with van der Waals surface area (Å²) in [6, 6.07) is 3.94. The number of carboxylic acid groups (broad SMARTS) is 1. The van der Waals surface area contributed by atoms with Crippen molar-refractivity contribution >= 4 is 18.0 Å². The van der Waals surface area contributed by atoms with Crippen molar-refractivity contribution in [3.05, 3.63) is 23.8 Å². The highest BCUT2D eigenvalue weighted by Crippen LogP contribution is 2.28. The Kier molecular flexibility index (Phi) is 4.25. The molecule has 0 fully saturated rings. The molecule has 0 heterocycles. The van der Waals surface area contributed by atoms with Gasteiger partial charge in [0.1, 0.15) is 0 Å². The highest BCUT2D eigenvalue weighted by Gasteiger charge is 2.13. The third kappa shape index (κ3) is 3.48. The molecule has 0 radical (unpaired) electrons. The maximum absolute atomic E-state index is 11.4. The standard InChI is InChI=1S/C11H11NO6/c1-6(13)18-8-4-3-7(5-9(8)17-2)10(14)12-11(15)16/h3-5H,1-2H3,(H,12,14)(H,15,16). The lowest BCUT2D eigenvalue weighted by molar-refractivity contribution is -0.132. The summed E-state index contributed by atoms with van der Waals surface area (Å²) in [5, 5.41) is 10.1. The molecule has 1 aromatic carbocycles. The van der Waals surface area contributed by atoms with Crippen LogP contribution in [0.25, 0.3) is 0 Å². The van der Waals surface area contributed by atoms with Crippen LogP contribution in [0.2, 0.25) is 0 Å². The Bertz CT molecular complexity index is 496. The summed E-state index contributed by atoms with van der Waals surface area (Å²) in [6.07, 6.45) is -1.46. The Balaban J connectivity index is 3.01. The van der Waals surface area contributed by atoms with Gasteiger partial charge in [-0.15, -0.1) is 0 Å². The minimum absolute atomic E-state index is 0.0742. The smallest absolute Gasteiger partial charge is 0.411 e. The van der Waals surface area contributed by atoms with Gasteiger partial charge in [-0.1, -0.05) is 0 Å². The first-order valence-corrected chi connectivity index (χ1v) is 4.84. The number of amides is 2. The fourth-order valence-electron chi connectivity index (χ4n) is 1.22. The van der Waals surface area contributed by atoms with Crippen LogP contribution in [0.5, 0.6) is 11.5 Å². The highest BCUT2D eigenvalue weighted by molar-refractivity contribution is 6.02. The maximum Gasteiger partial charge on any atom is 0.411 e. The normalized spacial score (nSPS) is 9.44. The van der Waals surface area contributed by atoms with Crippen LogP contribution < -0.4 is 14.8 Å². The van der Waals surface area contributed by atoms with Crippen LogP contribution in [0.1, 0.15) is 17.3 Å². The number of carbonyl (C=O) groups excluding carboxylic acids is 2. The third-order valence-electron chi connectivity index (χ3n) is 1.90. The second-order valence-corrected chi connectivity index (χ2v) is 3.22. The molecule has 96 valence electrons. The van der Waals surface area contributed by atoms with Crippen molar-refractivity contribution in [3.63, 3.8) is 0 Å². The Hall–Kier alpha value is -2.57. The Morgan fingerprint density at radius 3 is 2.39 bits per heavy atom. The van der Waals surface area contributed by atoms with Gasteiger partial charge in [0.15, 0.2) is 11.5 Å². The summed E-state index contributed by atoms with van der Waals surface area (Å²) in [5.74, 6) is -1.02. The van der Waals surface area contributed by atoms with E-state index in [1.807, 2.05) is 0 Å². The van der Waals surface area contributed by atoms with Crippen molar-refractivity contribution < 1.29 is 29.0 Å². The molecule has 7 nitrogen and oxygen atoms in total. The van der Waals surface area contributed by atoms with Gasteiger partial charge in [-0.2, -0.15) is 0 Å². The number of nitrogens with one attached hydrogen (secondary N) is 1. The van der Waals surface area contributed by atoms with E-state index >= 15 is 0 Å². The average Bonchev–Trinajstić information content (AvgIpc) is 2.27. The van der Waals surface area contributed by atoms with Crippen molar-refractivity contribution in [2.24, 2.45) is 0 Å². The number of ether oxygens (including phenoxy) is 2. The Labute approximate surface area is 102 Å². The fourth-order valence-corrected chi connectivity index (χ4v) is 1.22. The molecule has 0 saturated carbocycles. The summed E-state index contributed by atoms with van der Waals surface area (Å²) in [7, 11) is 1.33. The second kappa shape index (κ2) is 5.67. The zero-order valence-electron chi connectivity index (χ0n) is 9.72. The van der Waals surface area contributed by atoms with Crippen molar-refractivity contribution in [1.29, 1.82) is 0 Å². The second-order valence-electron chi connectivity index (χ2n) is 3.22. The predicted octanol–water partition coefficient (Wildman–Crippen LogP) is 1.03. The molecular formula is C11H11NO6. The van der Waals surface area contributed by atoms with Crippen LogP contribution in [0.3, 0.4) is 0 Å². The Morgan fingerprint density at radius 1 is 1.22 bits per heavy atom. The van der Waals surface area contributed by atoms with E-state index in [9.17, 15) is 14.4 Å². The number of esters is 1. The zero-order chi connectivity index (χ0) is 13.7. The lowest BCUT2D eigenvalue weighted by Crippen LogP contribution is -2.28. The van der Waals surface area contributed by atoms with Crippen LogP contribution in [0.15, 0.2) is 18.2 Å². The van der Waals surface area contributed by atoms with Gasteiger partial charge in [0.25, 0.3) is 5.91 Å². The minimum Gasteiger partial charge on any atom is -0.493 e. The van der Waals surface area contributed by atoms with Gasteiger partial charge in [-0.25, -0.2) is 4.79 Å². The SMILES string of the molecule is COc1cc(C(=O)NC(=O)O)ccc1OC(C)=O. The molecule has 7 heteroatoms. The van der Waals surface area contributed by atoms with Crippen LogP contribution in [0.4, 0.5) is 4.79 Å². The van der Waals surface area contributed by atoms with E-state index < -0.39 is 18.0 Å². The van der Waals surface area contributed by atoms with Gasteiger partial charge in [-0.05, 0) is 18.2 Å². The number of hydrogen-bond donors (Lipinski definition) is 2. The highest BCUT2D eigenvalue weighted by atomic mass is 16.6. The summed E-state index contributed by atoms with van der Waals surface area (Å²) in [5.41, 5.74) is 0.0742. The molecule has 2 amide bonds. The van der Waals surface area contributed by atoms with E-state index in [1.165, 1.54) is 32.2 Å². The molecule has 0 spiro atoms. The molecule has 0 unspecified atom stereocenters. The number of rotatable bonds is 3. The lowest BCUT2D eigenvalue weighted by atomic mass is 10.2. The number of benzene rings is 1. The topological polar surface area (TPSA) is 102 Å². The van der Waals surface area contributed by atoms with Crippen LogP contribution >= 0.6 is 0 Å². The third-order valence-corrected chi connectivity index (χ3v) is 1.90. The first-order chi connectivity index (χ1) is 8.43. The van der Waals surface area contributed by atoms with Crippen molar-refractivity contribution in [2.45, 2.75) is 6.92 Å². The fraction of sp³-hybridized carbons (Fsp3) is 0.182. The molecule has 0 bridgehead atoms. The van der Waals surface area contributed by atoms with E-state index in [0.29, 0.717) is 0 Å². The molecular weight excluding hydrogens is 242 g/mol. The number of hydrogen-bond acceptors (Lipinski definition) is 5. The maximum atomic E-state index is 11.4. The van der Waals surface area contributed by atoms with Crippen molar-refractivity contribution in [1.82, 2.24) is 5.32 Å². The summed E-state index contributed by atoms with van der Waals surface area (Å²) >= 11 is 0. The molecule has 0 atom stereocenters. The molecule has 1 aromatic rings. The lowest BCUT2D eigenvalue weighted by Gasteiger charge is -2.09. The molecule has 0 saturated heterocycles. The number of methoxy groups -OCH3 is 1. The molecule has 18 heavy (non-hydrogen) atoms.